The minimum atomic E-state index is 0.125. The zero-order valence-electron chi connectivity index (χ0n) is 10.5. The third-order valence-corrected chi connectivity index (χ3v) is 3.51. The molecule has 0 saturated carbocycles. The van der Waals surface area contributed by atoms with Gasteiger partial charge < -0.3 is 14.2 Å². The summed E-state index contributed by atoms with van der Waals surface area (Å²) in [6.45, 7) is 2.69. The molecule has 2 heterocycles. The molecule has 0 spiro atoms. The molecule has 0 amide bonds. The van der Waals surface area contributed by atoms with Gasteiger partial charge in [-0.1, -0.05) is 18.2 Å². The average molecular weight is 276 g/mol. The molecule has 1 N–H and O–H groups in total. The lowest BCUT2D eigenvalue weighted by atomic mass is 10.1. The number of fused-ring (bicyclic) bond motifs is 1. The first-order valence-electron chi connectivity index (χ1n) is 6.18. The van der Waals surface area contributed by atoms with E-state index in [0.717, 1.165) is 22.3 Å². The van der Waals surface area contributed by atoms with Gasteiger partial charge in [-0.3, -0.25) is 0 Å². The molecular weight excluding hydrogens is 262 g/mol. The van der Waals surface area contributed by atoms with E-state index in [1.165, 1.54) is 0 Å². The van der Waals surface area contributed by atoms with Crippen molar-refractivity contribution < 1.29 is 8.83 Å². The van der Waals surface area contributed by atoms with E-state index in [2.05, 4.69) is 12.2 Å². The van der Waals surface area contributed by atoms with Gasteiger partial charge in [0.25, 0.3) is 0 Å². The van der Waals surface area contributed by atoms with Crippen LogP contribution in [0.1, 0.15) is 24.3 Å². The van der Waals surface area contributed by atoms with Crippen LogP contribution in [-0.2, 0) is 6.54 Å². The molecule has 1 atom stereocenters. The van der Waals surface area contributed by atoms with Crippen molar-refractivity contribution >= 4 is 22.6 Å². The Hall–Kier alpha value is -1.71. The van der Waals surface area contributed by atoms with Gasteiger partial charge in [0.15, 0.2) is 5.22 Å². The van der Waals surface area contributed by atoms with Gasteiger partial charge >= 0.3 is 0 Å². The Morgan fingerprint density at radius 3 is 2.84 bits per heavy atom. The first-order chi connectivity index (χ1) is 9.25. The first kappa shape index (κ1) is 12.3. The Morgan fingerprint density at radius 1 is 1.21 bits per heavy atom. The highest BCUT2D eigenvalue weighted by atomic mass is 35.5. The minimum absolute atomic E-state index is 0.125. The van der Waals surface area contributed by atoms with E-state index in [1.807, 2.05) is 36.4 Å². The molecule has 0 aliphatic heterocycles. The van der Waals surface area contributed by atoms with E-state index in [1.54, 1.807) is 6.26 Å². The Labute approximate surface area is 116 Å². The predicted octanol–water partition coefficient (Wildman–Crippen LogP) is 4.53. The summed E-state index contributed by atoms with van der Waals surface area (Å²) in [6, 6.07) is 11.8. The lowest BCUT2D eigenvalue weighted by molar-refractivity contribution is 0.430. The molecule has 0 aliphatic carbocycles. The Morgan fingerprint density at radius 2 is 2.05 bits per heavy atom. The van der Waals surface area contributed by atoms with Crippen LogP contribution in [0.15, 0.2) is 51.5 Å². The van der Waals surface area contributed by atoms with E-state index >= 15 is 0 Å². The van der Waals surface area contributed by atoms with E-state index in [9.17, 15) is 0 Å². The fraction of sp³-hybridized carbons (Fsp3) is 0.200. The molecule has 0 saturated heterocycles. The molecule has 3 aromatic rings. The lowest BCUT2D eigenvalue weighted by Crippen LogP contribution is -2.17. The summed E-state index contributed by atoms with van der Waals surface area (Å²) in [5.74, 6) is 0.906. The highest BCUT2D eigenvalue weighted by Gasteiger charge is 2.14. The number of hydrogen-bond donors (Lipinski definition) is 1. The van der Waals surface area contributed by atoms with Crippen LogP contribution in [0.4, 0.5) is 0 Å². The maximum absolute atomic E-state index is 6.15. The number of rotatable bonds is 4. The van der Waals surface area contributed by atoms with Gasteiger partial charge in [-0.25, -0.2) is 0 Å². The number of furan rings is 2. The normalized spacial score (nSPS) is 12.9. The van der Waals surface area contributed by atoms with Crippen molar-refractivity contribution in [2.24, 2.45) is 0 Å². The standard InChI is InChI=1S/C15H14ClNO2/c1-10(13-7-4-8-18-13)17-9-12-11-5-2-3-6-14(11)19-15(12)16/h2-8,10,17H,9H2,1H3. The molecule has 3 nitrogen and oxygen atoms in total. The van der Waals surface area contributed by atoms with Crippen LogP contribution in [0, 0.1) is 0 Å². The van der Waals surface area contributed by atoms with Crippen molar-refractivity contribution in [3.63, 3.8) is 0 Å². The number of hydrogen-bond acceptors (Lipinski definition) is 3. The van der Waals surface area contributed by atoms with E-state index < -0.39 is 0 Å². The van der Waals surface area contributed by atoms with Gasteiger partial charge in [0.2, 0.25) is 0 Å². The topological polar surface area (TPSA) is 38.3 Å². The maximum Gasteiger partial charge on any atom is 0.199 e. The van der Waals surface area contributed by atoms with Gasteiger partial charge in [0.05, 0.1) is 12.3 Å². The highest BCUT2D eigenvalue weighted by molar-refractivity contribution is 6.30. The summed E-state index contributed by atoms with van der Waals surface area (Å²) in [6.07, 6.45) is 1.67. The van der Waals surface area contributed by atoms with Crippen LogP contribution >= 0.6 is 11.6 Å². The van der Waals surface area contributed by atoms with Gasteiger partial charge in [-0.05, 0) is 36.7 Å². The van der Waals surface area contributed by atoms with Crippen LogP contribution in [-0.4, -0.2) is 0 Å². The average Bonchev–Trinajstić information content (AvgIpc) is 3.03. The SMILES string of the molecule is CC(NCc1c(Cl)oc2ccccc12)c1ccco1. The van der Waals surface area contributed by atoms with Crippen molar-refractivity contribution in [2.45, 2.75) is 19.5 Å². The second kappa shape index (κ2) is 5.11. The number of halogens is 1. The Bertz CT molecular complexity index is 673. The summed E-state index contributed by atoms with van der Waals surface area (Å²) in [4.78, 5) is 0. The maximum atomic E-state index is 6.15. The molecule has 0 aliphatic rings. The zero-order valence-corrected chi connectivity index (χ0v) is 11.3. The Kier molecular flexibility index (Phi) is 3.32. The molecule has 1 aromatic carbocycles. The van der Waals surface area contributed by atoms with E-state index in [0.29, 0.717) is 11.8 Å². The molecule has 3 rings (SSSR count). The molecule has 4 heteroatoms. The number of para-hydroxylation sites is 1. The fourth-order valence-electron chi connectivity index (χ4n) is 2.13. The molecule has 0 radical (unpaired) electrons. The minimum Gasteiger partial charge on any atom is -0.468 e. The summed E-state index contributed by atoms with van der Waals surface area (Å²) < 4.78 is 10.9. The summed E-state index contributed by atoms with van der Waals surface area (Å²) in [5.41, 5.74) is 1.80. The van der Waals surface area contributed by atoms with Crippen molar-refractivity contribution in [1.29, 1.82) is 0 Å². The first-order valence-corrected chi connectivity index (χ1v) is 6.56. The second-order valence-corrected chi connectivity index (χ2v) is 4.81. The molecule has 19 heavy (non-hydrogen) atoms. The second-order valence-electron chi connectivity index (χ2n) is 4.47. The van der Waals surface area contributed by atoms with Crippen LogP contribution in [0.25, 0.3) is 11.0 Å². The smallest absolute Gasteiger partial charge is 0.199 e. The van der Waals surface area contributed by atoms with E-state index in [4.69, 9.17) is 20.4 Å². The molecular formula is C15H14ClNO2. The summed E-state index contributed by atoms with van der Waals surface area (Å²) in [7, 11) is 0. The highest BCUT2D eigenvalue weighted by Crippen LogP contribution is 2.29. The third kappa shape index (κ3) is 2.39. The number of benzene rings is 1. The van der Waals surface area contributed by atoms with Crippen molar-refractivity contribution in [1.82, 2.24) is 5.32 Å². The van der Waals surface area contributed by atoms with Crippen molar-refractivity contribution in [3.8, 4) is 0 Å². The molecule has 0 bridgehead atoms. The van der Waals surface area contributed by atoms with Crippen LogP contribution in [0.3, 0.4) is 0 Å². The van der Waals surface area contributed by atoms with Gasteiger partial charge in [0, 0.05) is 17.5 Å². The fourth-order valence-corrected chi connectivity index (χ4v) is 2.38. The van der Waals surface area contributed by atoms with Crippen LogP contribution in [0.5, 0.6) is 0 Å². The number of nitrogens with one attached hydrogen (secondary N) is 1. The van der Waals surface area contributed by atoms with Gasteiger partial charge in [0.1, 0.15) is 11.3 Å². The summed E-state index contributed by atoms with van der Waals surface area (Å²) >= 11 is 6.15. The van der Waals surface area contributed by atoms with Gasteiger partial charge in [-0.15, -0.1) is 0 Å². The molecule has 0 fully saturated rings. The monoisotopic (exact) mass is 275 g/mol. The Balaban J connectivity index is 1.80. The van der Waals surface area contributed by atoms with Crippen LogP contribution in [0.2, 0.25) is 5.22 Å². The molecule has 98 valence electrons. The van der Waals surface area contributed by atoms with Crippen molar-refractivity contribution in [2.75, 3.05) is 0 Å². The third-order valence-electron chi connectivity index (χ3n) is 3.20. The van der Waals surface area contributed by atoms with Crippen LogP contribution < -0.4 is 5.32 Å². The largest absolute Gasteiger partial charge is 0.468 e. The molecule has 1 unspecified atom stereocenters. The van der Waals surface area contributed by atoms with Gasteiger partial charge in [-0.2, -0.15) is 0 Å². The predicted molar refractivity (Wildman–Crippen MR) is 75.2 cm³/mol. The summed E-state index contributed by atoms with van der Waals surface area (Å²) in [5, 5.41) is 4.87. The molecule has 2 aromatic heterocycles. The van der Waals surface area contributed by atoms with Crippen molar-refractivity contribution in [3.05, 3.63) is 59.2 Å². The lowest BCUT2D eigenvalue weighted by Gasteiger charge is -2.10. The van der Waals surface area contributed by atoms with E-state index in [-0.39, 0.29) is 6.04 Å². The quantitative estimate of drug-likeness (QED) is 0.760. The zero-order chi connectivity index (χ0) is 13.2.